The van der Waals surface area contributed by atoms with Crippen LogP contribution in [0.15, 0.2) is 90.2 Å². The van der Waals surface area contributed by atoms with Crippen LogP contribution in [0.4, 0.5) is 17.2 Å². The smallest absolute Gasteiger partial charge is 0.270 e. The van der Waals surface area contributed by atoms with E-state index >= 15 is 0 Å². The molecule has 1 amide bonds. The average molecular weight is 478 g/mol. The van der Waals surface area contributed by atoms with Crippen LogP contribution < -0.4 is 10.0 Å². The molecule has 11 nitrogen and oxygen atoms in total. The van der Waals surface area contributed by atoms with Gasteiger partial charge >= 0.3 is 0 Å². The predicted molar refractivity (Wildman–Crippen MR) is 124 cm³/mol. The van der Waals surface area contributed by atoms with Gasteiger partial charge in [-0.05, 0) is 42.0 Å². The summed E-state index contributed by atoms with van der Waals surface area (Å²) in [6, 6.07) is 15.9. The molecule has 12 heteroatoms. The van der Waals surface area contributed by atoms with E-state index in [0.29, 0.717) is 17.9 Å². The minimum atomic E-state index is -4.05. The highest BCUT2D eigenvalue weighted by atomic mass is 32.2. The molecule has 0 spiro atoms. The highest BCUT2D eigenvalue weighted by Crippen LogP contribution is 2.21. The standard InChI is InChI=1S/C22H18N6O5S/c29-22(24-21-10-12-27(25-21)15-16-3-2-11-23-14-16)17-6-8-18(9-7-17)26-34(32,33)20-5-1-4-19(13-20)28(30)31/h1-14,26H,15H2,(H,24,25,29). The maximum Gasteiger partial charge on any atom is 0.270 e. The summed E-state index contributed by atoms with van der Waals surface area (Å²) in [7, 11) is -4.05. The predicted octanol–water partition coefficient (Wildman–Crippen LogP) is 3.29. The second-order valence-corrected chi connectivity index (χ2v) is 8.83. The number of benzene rings is 2. The summed E-state index contributed by atoms with van der Waals surface area (Å²) in [6.07, 6.45) is 5.14. The summed E-state index contributed by atoms with van der Waals surface area (Å²) in [4.78, 5) is 26.6. The first-order valence-corrected chi connectivity index (χ1v) is 11.4. The molecule has 0 unspecified atom stereocenters. The van der Waals surface area contributed by atoms with E-state index in [1.54, 1.807) is 29.3 Å². The number of carbonyl (C=O) groups excluding carboxylic acids is 1. The lowest BCUT2D eigenvalue weighted by Gasteiger charge is -2.09. The van der Waals surface area contributed by atoms with Crippen molar-refractivity contribution in [1.82, 2.24) is 14.8 Å². The topological polar surface area (TPSA) is 149 Å². The fourth-order valence-corrected chi connectivity index (χ4v) is 4.15. The number of non-ortho nitro benzene ring substituents is 1. The van der Waals surface area contributed by atoms with Gasteiger partial charge in [0.2, 0.25) is 0 Å². The average Bonchev–Trinajstić information content (AvgIpc) is 3.26. The number of aromatic nitrogens is 3. The molecule has 0 aliphatic carbocycles. The minimum absolute atomic E-state index is 0.198. The lowest BCUT2D eigenvalue weighted by molar-refractivity contribution is -0.385. The second kappa shape index (κ2) is 9.50. The van der Waals surface area contributed by atoms with Gasteiger partial charge in [0.1, 0.15) is 0 Å². The van der Waals surface area contributed by atoms with Crippen molar-refractivity contribution in [3.63, 3.8) is 0 Å². The van der Waals surface area contributed by atoms with Crippen molar-refractivity contribution in [2.24, 2.45) is 0 Å². The van der Waals surface area contributed by atoms with Gasteiger partial charge in [-0.15, -0.1) is 0 Å². The molecule has 34 heavy (non-hydrogen) atoms. The summed E-state index contributed by atoms with van der Waals surface area (Å²) in [5.74, 6) is -0.0518. The zero-order chi connectivity index (χ0) is 24.1. The van der Waals surface area contributed by atoms with Crippen LogP contribution in [0.3, 0.4) is 0 Å². The summed E-state index contributed by atoms with van der Waals surface area (Å²) in [5, 5.41) is 17.9. The molecular weight excluding hydrogens is 460 g/mol. The maximum absolute atomic E-state index is 12.5. The Balaban J connectivity index is 1.40. The van der Waals surface area contributed by atoms with Crippen molar-refractivity contribution in [3.8, 4) is 0 Å². The Labute approximate surface area is 194 Å². The van der Waals surface area contributed by atoms with Gasteiger partial charge < -0.3 is 5.32 Å². The first-order valence-electron chi connectivity index (χ1n) is 9.91. The quantitative estimate of drug-likeness (QED) is 0.291. The van der Waals surface area contributed by atoms with Crippen LogP contribution in [0, 0.1) is 10.1 Å². The van der Waals surface area contributed by atoms with Crippen LogP contribution in [-0.4, -0.2) is 34.0 Å². The minimum Gasteiger partial charge on any atom is -0.305 e. The molecule has 0 saturated carbocycles. The number of pyridine rings is 1. The third kappa shape index (κ3) is 5.42. The number of hydrogen-bond acceptors (Lipinski definition) is 7. The zero-order valence-electron chi connectivity index (χ0n) is 17.5. The van der Waals surface area contributed by atoms with Gasteiger partial charge in [0, 0.05) is 48.0 Å². The Hall–Kier alpha value is -4.58. The second-order valence-electron chi connectivity index (χ2n) is 7.15. The molecule has 2 aromatic carbocycles. The molecule has 4 rings (SSSR count). The number of nitro groups is 1. The van der Waals surface area contributed by atoms with Crippen molar-refractivity contribution in [1.29, 1.82) is 0 Å². The number of sulfonamides is 1. The van der Waals surface area contributed by atoms with Crippen LogP contribution in [0.25, 0.3) is 0 Å². The maximum atomic E-state index is 12.5. The number of carbonyl (C=O) groups is 1. The number of amides is 1. The molecule has 0 radical (unpaired) electrons. The first kappa shape index (κ1) is 22.6. The zero-order valence-corrected chi connectivity index (χ0v) is 18.3. The van der Waals surface area contributed by atoms with E-state index in [1.165, 1.54) is 42.5 Å². The molecule has 2 aromatic heterocycles. The van der Waals surface area contributed by atoms with Gasteiger partial charge in [-0.2, -0.15) is 5.10 Å². The molecule has 172 valence electrons. The number of nitrogens with one attached hydrogen (secondary N) is 2. The first-order chi connectivity index (χ1) is 16.3. The van der Waals surface area contributed by atoms with Gasteiger partial charge in [-0.25, -0.2) is 8.42 Å². The molecule has 0 aliphatic heterocycles. The molecular formula is C22H18N6O5S. The van der Waals surface area contributed by atoms with Crippen LogP contribution >= 0.6 is 0 Å². The van der Waals surface area contributed by atoms with Gasteiger partial charge in [0.15, 0.2) is 5.82 Å². The van der Waals surface area contributed by atoms with Crippen LogP contribution in [-0.2, 0) is 16.6 Å². The van der Waals surface area contributed by atoms with Crippen molar-refractivity contribution in [2.45, 2.75) is 11.4 Å². The van der Waals surface area contributed by atoms with E-state index < -0.39 is 20.9 Å². The molecule has 0 saturated heterocycles. The van der Waals surface area contributed by atoms with E-state index in [1.807, 2.05) is 12.1 Å². The van der Waals surface area contributed by atoms with Crippen LogP contribution in [0.5, 0.6) is 0 Å². The van der Waals surface area contributed by atoms with Gasteiger partial charge in [0.05, 0.1) is 16.4 Å². The highest BCUT2D eigenvalue weighted by Gasteiger charge is 2.18. The fourth-order valence-electron chi connectivity index (χ4n) is 3.05. The molecule has 0 aliphatic rings. The number of hydrogen-bond donors (Lipinski definition) is 2. The summed E-state index contributed by atoms with van der Waals surface area (Å²) in [5.41, 5.74) is 1.12. The SMILES string of the molecule is O=C(Nc1ccn(Cc2cccnc2)n1)c1ccc(NS(=O)(=O)c2cccc([N+](=O)[O-])c2)cc1. The van der Waals surface area contributed by atoms with E-state index in [0.717, 1.165) is 11.6 Å². The van der Waals surface area contributed by atoms with Crippen molar-refractivity contribution >= 4 is 33.1 Å². The molecule has 4 aromatic rings. The van der Waals surface area contributed by atoms with Gasteiger partial charge in [-0.1, -0.05) is 12.1 Å². The lowest BCUT2D eigenvalue weighted by Crippen LogP contribution is -2.15. The third-order valence-corrected chi connectivity index (χ3v) is 6.07. The van der Waals surface area contributed by atoms with Gasteiger partial charge in [0.25, 0.3) is 21.6 Å². The number of nitrogens with zero attached hydrogens (tertiary/aromatic N) is 4. The molecule has 2 heterocycles. The van der Waals surface area contributed by atoms with Crippen molar-refractivity contribution < 1.29 is 18.1 Å². The summed E-state index contributed by atoms with van der Waals surface area (Å²) in [6.45, 7) is 0.503. The van der Waals surface area contributed by atoms with Crippen LogP contribution in [0.1, 0.15) is 15.9 Å². The van der Waals surface area contributed by atoms with E-state index in [2.05, 4.69) is 20.1 Å². The lowest BCUT2D eigenvalue weighted by atomic mass is 10.2. The van der Waals surface area contributed by atoms with E-state index in [9.17, 15) is 23.3 Å². The monoisotopic (exact) mass is 478 g/mol. The Morgan fingerprint density at radius 3 is 2.56 bits per heavy atom. The summed E-state index contributed by atoms with van der Waals surface area (Å²) < 4.78 is 29.1. The highest BCUT2D eigenvalue weighted by molar-refractivity contribution is 7.92. The molecule has 0 bridgehead atoms. The van der Waals surface area contributed by atoms with E-state index in [-0.39, 0.29) is 16.3 Å². The number of nitro benzene ring substituents is 1. The molecule has 0 fully saturated rings. The third-order valence-electron chi connectivity index (χ3n) is 4.69. The van der Waals surface area contributed by atoms with E-state index in [4.69, 9.17) is 0 Å². The normalized spacial score (nSPS) is 11.1. The number of anilines is 2. The fraction of sp³-hybridized carbons (Fsp3) is 0.0455. The Kier molecular flexibility index (Phi) is 6.32. The summed E-state index contributed by atoms with van der Waals surface area (Å²) >= 11 is 0. The largest absolute Gasteiger partial charge is 0.305 e. The number of rotatable bonds is 8. The van der Waals surface area contributed by atoms with Crippen LogP contribution in [0.2, 0.25) is 0 Å². The molecule has 2 N–H and O–H groups in total. The van der Waals surface area contributed by atoms with Gasteiger partial charge in [-0.3, -0.25) is 29.3 Å². The van der Waals surface area contributed by atoms with Crippen molar-refractivity contribution in [3.05, 3.63) is 107 Å². The Bertz CT molecular complexity index is 1440. The Morgan fingerprint density at radius 1 is 1.06 bits per heavy atom. The van der Waals surface area contributed by atoms with Crippen molar-refractivity contribution in [2.75, 3.05) is 10.0 Å². The molecule has 0 atom stereocenters. The Morgan fingerprint density at radius 2 is 1.85 bits per heavy atom.